The first kappa shape index (κ1) is 19.4. The van der Waals surface area contributed by atoms with E-state index >= 15 is 0 Å². The van der Waals surface area contributed by atoms with Crippen LogP contribution in [0.4, 0.5) is 13.2 Å². The van der Waals surface area contributed by atoms with E-state index in [4.69, 9.17) is 0 Å². The lowest BCUT2D eigenvalue weighted by molar-refractivity contribution is -0.137. The van der Waals surface area contributed by atoms with Crippen LogP contribution in [0.15, 0.2) is 55.4 Å². The molecule has 0 unspecified atom stereocenters. The van der Waals surface area contributed by atoms with Crippen molar-refractivity contribution in [2.45, 2.75) is 19.1 Å². The van der Waals surface area contributed by atoms with Crippen LogP contribution in [0.5, 0.6) is 0 Å². The Bertz CT molecular complexity index is 1340. The summed E-state index contributed by atoms with van der Waals surface area (Å²) in [6.07, 6.45) is -0.410. The van der Waals surface area contributed by atoms with Gasteiger partial charge in [-0.25, -0.2) is 0 Å². The first-order chi connectivity index (χ1) is 14.8. The molecule has 1 aliphatic heterocycles. The molecule has 4 aromatic rings. The Labute approximate surface area is 175 Å². The number of nitrogens with one attached hydrogen (secondary N) is 1. The number of halogens is 3. The van der Waals surface area contributed by atoms with Crippen molar-refractivity contribution in [3.63, 3.8) is 0 Å². The van der Waals surface area contributed by atoms with Gasteiger partial charge in [0.05, 0.1) is 23.3 Å². The molecule has 0 atom stereocenters. The van der Waals surface area contributed by atoms with E-state index in [-0.39, 0.29) is 17.3 Å². The average Bonchev–Trinajstić information content (AvgIpc) is 3.31. The molecule has 1 fully saturated rings. The molecule has 158 valence electrons. The van der Waals surface area contributed by atoms with Crippen LogP contribution < -0.4 is 0 Å². The van der Waals surface area contributed by atoms with E-state index in [1.807, 2.05) is 25.1 Å². The zero-order valence-corrected chi connectivity index (χ0v) is 16.7. The number of alkyl halides is 3. The fourth-order valence-corrected chi connectivity index (χ4v) is 4.39. The number of hydrogen-bond acceptors (Lipinski definition) is 2. The quantitative estimate of drug-likeness (QED) is 0.466. The third-order valence-electron chi connectivity index (χ3n) is 6.00. The Morgan fingerprint density at radius 1 is 1.23 bits per heavy atom. The highest BCUT2D eigenvalue weighted by molar-refractivity contribution is 5.99. The SMILES string of the molecule is C=CC(=O)N1CC(n2cc(C(F)(F)F)c3cc(-c4c(C)ccc5[nH]ncc45)ccc32)C1. The maximum atomic E-state index is 13.9. The summed E-state index contributed by atoms with van der Waals surface area (Å²) >= 11 is 0. The number of carbonyl (C=O) groups is 1. The van der Waals surface area contributed by atoms with E-state index in [1.54, 1.807) is 27.8 Å². The first-order valence-electron chi connectivity index (χ1n) is 9.84. The maximum absolute atomic E-state index is 13.9. The number of rotatable bonds is 3. The normalized spacial score (nSPS) is 14.9. The topological polar surface area (TPSA) is 53.9 Å². The molecule has 5 rings (SSSR count). The smallest absolute Gasteiger partial charge is 0.340 e. The van der Waals surface area contributed by atoms with Gasteiger partial charge in [0.2, 0.25) is 5.91 Å². The lowest BCUT2D eigenvalue weighted by atomic mass is 9.95. The fourth-order valence-electron chi connectivity index (χ4n) is 4.39. The minimum atomic E-state index is -4.49. The molecule has 1 aliphatic rings. The van der Waals surface area contributed by atoms with Crippen molar-refractivity contribution in [2.75, 3.05) is 13.1 Å². The number of carbonyl (C=O) groups excluding carboxylic acids is 1. The van der Waals surface area contributed by atoms with Gasteiger partial charge in [0.1, 0.15) is 0 Å². The van der Waals surface area contributed by atoms with Gasteiger partial charge in [-0.15, -0.1) is 0 Å². The van der Waals surface area contributed by atoms with Gasteiger partial charge in [-0.2, -0.15) is 18.3 Å². The van der Waals surface area contributed by atoms with Crippen LogP contribution in [0.1, 0.15) is 17.2 Å². The Morgan fingerprint density at radius 3 is 2.71 bits per heavy atom. The Balaban J connectivity index is 1.65. The number of fused-ring (bicyclic) bond motifs is 2. The molecule has 2 aromatic carbocycles. The van der Waals surface area contributed by atoms with Crippen molar-refractivity contribution < 1.29 is 18.0 Å². The highest BCUT2D eigenvalue weighted by Crippen LogP contribution is 2.41. The van der Waals surface area contributed by atoms with Gasteiger partial charge >= 0.3 is 6.18 Å². The third-order valence-corrected chi connectivity index (χ3v) is 6.00. The summed E-state index contributed by atoms with van der Waals surface area (Å²) in [6, 6.07) is 8.82. The summed E-state index contributed by atoms with van der Waals surface area (Å²) in [7, 11) is 0. The van der Waals surface area contributed by atoms with Gasteiger partial charge < -0.3 is 9.47 Å². The van der Waals surface area contributed by atoms with Crippen LogP contribution in [0, 0.1) is 6.92 Å². The summed E-state index contributed by atoms with van der Waals surface area (Å²) in [5.41, 5.74) is 3.19. The number of aryl methyl sites for hydroxylation is 1. The Kier molecular flexibility index (Phi) is 4.22. The second kappa shape index (κ2) is 6.73. The number of hydrogen-bond donors (Lipinski definition) is 1. The number of likely N-dealkylation sites (tertiary alicyclic amines) is 1. The molecule has 0 spiro atoms. The molecule has 3 heterocycles. The van der Waals surface area contributed by atoms with Crippen molar-refractivity contribution in [2.24, 2.45) is 0 Å². The van der Waals surface area contributed by atoms with Crippen LogP contribution >= 0.6 is 0 Å². The number of amides is 1. The predicted octanol–water partition coefficient (Wildman–Crippen LogP) is 5.08. The fraction of sp³-hybridized carbons (Fsp3) is 0.217. The van der Waals surface area contributed by atoms with Crippen LogP contribution in [0.25, 0.3) is 32.9 Å². The number of nitrogens with zero attached hydrogens (tertiary/aromatic N) is 3. The maximum Gasteiger partial charge on any atom is 0.418 e. The van der Waals surface area contributed by atoms with Crippen LogP contribution in [-0.2, 0) is 11.0 Å². The monoisotopic (exact) mass is 424 g/mol. The van der Waals surface area contributed by atoms with E-state index in [0.29, 0.717) is 24.2 Å². The van der Waals surface area contributed by atoms with Crippen LogP contribution in [-0.4, -0.2) is 38.7 Å². The highest BCUT2D eigenvalue weighted by Gasteiger charge is 2.38. The standard InChI is InChI=1S/C23H19F3N4O/c1-3-21(31)29-10-15(11-29)30-12-18(23(24,25)26)16-8-14(5-7-20(16)30)22-13(2)4-6-19-17(22)9-27-28-19/h3-9,12,15H,1,10-11H2,2H3,(H,27,28). The van der Waals surface area contributed by atoms with E-state index in [9.17, 15) is 18.0 Å². The summed E-state index contributed by atoms with van der Waals surface area (Å²) < 4.78 is 43.3. The van der Waals surface area contributed by atoms with Crippen molar-refractivity contribution in [3.05, 3.63) is 66.5 Å². The van der Waals surface area contributed by atoms with Crippen molar-refractivity contribution in [3.8, 4) is 11.1 Å². The molecule has 5 nitrogen and oxygen atoms in total. The Morgan fingerprint density at radius 2 is 2.00 bits per heavy atom. The number of aromatic nitrogens is 3. The molecule has 0 aliphatic carbocycles. The molecule has 8 heteroatoms. The van der Waals surface area contributed by atoms with Gasteiger partial charge in [-0.3, -0.25) is 9.89 Å². The largest absolute Gasteiger partial charge is 0.418 e. The molecule has 1 N–H and O–H groups in total. The van der Waals surface area contributed by atoms with E-state index in [2.05, 4.69) is 16.8 Å². The van der Waals surface area contributed by atoms with Gasteiger partial charge in [-0.05, 0) is 47.9 Å². The van der Waals surface area contributed by atoms with Crippen molar-refractivity contribution in [1.82, 2.24) is 19.7 Å². The number of benzene rings is 2. The summed E-state index contributed by atoms with van der Waals surface area (Å²) in [6.45, 7) is 6.11. The molecular formula is C23H19F3N4O. The molecule has 0 bridgehead atoms. The summed E-state index contributed by atoms with van der Waals surface area (Å²) in [4.78, 5) is 13.3. The van der Waals surface area contributed by atoms with Crippen LogP contribution in [0.2, 0.25) is 0 Å². The lowest BCUT2D eigenvalue weighted by Crippen LogP contribution is -2.49. The molecule has 2 aromatic heterocycles. The summed E-state index contributed by atoms with van der Waals surface area (Å²) in [5.74, 6) is -0.213. The predicted molar refractivity (Wildman–Crippen MR) is 113 cm³/mol. The van der Waals surface area contributed by atoms with E-state index in [0.717, 1.165) is 22.0 Å². The van der Waals surface area contributed by atoms with Crippen molar-refractivity contribution in [1.29, 1.82) is 0 Å². The van der Waals surface area contributed by atoms with Gasteiger partial charge in [0.25, 0.3) is 0 Å². The molecule has 31 heavy (non-hydrogen) atoms. The number of H-pyrrole nitrogens is 1. The average molecular weight is 424 g/mol. The molecular weight excluding hydrogens is 405 g/mol. The molecule has 0 saturated carbocycles. The second-order valence-electron chi connectivity index (χ2n) is 7.87. The lowest BCUT2D eigenvalue weighted by Gasteiger charge is -2.39. The van der Waals surface area contributed by atoms with Gasteiger partial charge in [0, 0.05) is 35.6 Å². The third kappa shape index (κ3) is 3.01. The molecule has 0 radical (unpaired) electrons. The minimum absolute atomic E-state index is 0.151. The van der Waals surface area contributed by atoms with Gasteiger partial charge in [0.15, 0.2) is 0 Å². The van der Waals surface area contributed by atoms with Crippen molar-refractivity contribution >= 4 is 27.7 Å². The zero-order chi connectivity index (χ0) is 21.9. The Hall–Kier alpha value is -3.55. The van der Waals surface area contributed by atoms with Gasteiger partial charge in [-0.1, -0.05) is 18.7 Å². The molecule has 1 amide bonds. The van der Waals surface area contributed by atoms with E-state index in [1.165, 1.54) is 12.3 Å². The number of aromatic amines is 1. The first-order valence-corrected chi connectivity index (χ1v) is 9.84. The second-order valence-corrected chi connectivity index (χ2v) is 7.87. The summed E-state index contributed by atoms with van der Waals surface area (Å²) in [5, 5.41) is 8.00. The van der Waals surface area contributed by atoms with Crippen LogP contribution in [0.3, 0.4) is 0 Å². The zero-order valence-electron chi connectivity index (χ0n) is 16.7. The minimum Gasteiger partial charge on any atom is -0.340 e. The van der Waals surface area contributed by atoms with E-state index < -0.39 is 11.7 Å². The highest BCUT2D eigenvalue weighted by atomic mass is 19.4. The molecule has 1 saturated heterocycles.